The molecule has 7 heteroatoms. The average Bonchev–Trinajstić information content (AvgIpc) is 3.25. The van der Waals surface area contributed by atoms with Crippen molar-refractivity contribution in [2.24, 2.45) is 0 Å². The lowest BCUT2D eigenvalue weighted by Crippen LogP contribution is -2.52. The highest BCUT2D eigenvalue weighted by Gasteiger charge is 2.49. The number of ether oxygens (including phenoxy) is 4. The topological polar surface area (TPSA) is 69.3 Å². The summed E-state index contributed by atoms with van der Waals surface area (Å²) in [6, 6.07) is 9.84. The van der Waals surface area contributed by atoms with Crippen molar-refractivity contribution >= 4 is 6.03 Å². The van der Waals surface area contributed by atoms with Gasteiger partial charge in [-0.2, -0.15) is 0 Å². The molecule has 136 valence electrons. The Morgan fingerprint density at radius 1 is 1.12 bits per heavy atom. The van der Waals surface area contributed by atoms with Crippen LogP contribution in [-0.2, 0) is 25.6 Å². The Labute approximate surface area is 147 Å². The molecule has 0 spiro atoms. The van der Waals surface area contributed by atoms with Crippen LogP contribution in [0, 0.1) is 0 Å². The summed E-state index contributed by atoms with van der Waals surface area (Å²) < 4.78 is 23.0. The molecule has 7 nitrogen and oxygen atoms in total. The molecule has 3 aliphatic rings. The van der Waals surface area contributed by atoms with Crippen LogP contribution in [0.3, 0.4) is 0 Å². The molecule has 4 rings (SSSR count). The highest BCUT2D eigenvalue weighted by molar-refractivity contribution is 5.74. The first-order valence-electron chi connectivity index (χ1n) is 8.83. The van der Waals surface area contributed by atoms with Crippen molar-refractivity contribution in [2.45, 2.75) is 31.0 Å². The van der Waals surface area contributed by atoms with E-state index in [-0.39, 0.29) is 30.4 Å². The standard InChI is InChI=1S/C18H24N2O5/c21-18(20-6-8-22-9-7-20)19-14-11-24-17-15(12-25-16(14)17)23-10-13-4-2-1-3-5-13/h1-5,14-17H,6-12H2,(H,19,21)/t14-,15+,16+,17+/m0/s1. The van der Waals surface area contributed by atoms with Gasteiger partial charge in [0.05, 0.1) is 39.1 Å². The lowest BCUT2D eigenvalue weighted by molar-refractivity contribution is -0.0392. The summed E-state index contributed by atoms with van der Waals surface area (Å²) in [5, 5.41) is 3.04. The first-order valence-corrected chi connectivity index (χ1v) is 8.83. The number of morpholine rings is 1. The van der Waals surface area contributed by atoms with Gasteiger partial charge in [0, 0.05) is 13.1 Å². The smallest absolute Gasteiger partial charge is 0.317 e. The van der Waals surface area contributed by atoms with Crippen molar-refractivity contribution in [1.82, 2.24) is 10.2 Å². The fourth-order valence-corrected chi connectivity index (χ4v) is 3.52. The van der Waals surface area contributed by atoms with Crippen LogP contribution in [0.4, 0.5) is 4.79 Å². The molecular weight excluding hydrogens is 324 g/mol. The van der Waals surface area contributed by atoms with Gasteiger partial charge in [-0.15, -0.1) is 0 Å². The largest absolute Gasteiger partial charge is 0.378 e. The SMILES string of the molecule is O=C(N[C@H]1CO[C@H]2[C@@H]1OC[C@H]2OCc1ccccc1)N1CCOCC1. The highest BCUT2D eigenvalue weighted by atomic mass is 16.6. The van der Waals surface area contributed by atoms with E-state index in [2.05, 4.69) is 5.32 Å². The second-order valence-electron chi connectivity index (χ2n) is 6.59. The molecule has 1 N–H and O–H groups in total. The number of nitrogens with one attached hydrogen (secondary N) is 1. The van der Waals surface area contributed by atoms with E-state index in [0.717, 1.165) is 5.56 Å². The number of amides is 2. The molecule has 1 aromatic rings. The van der Waals surface area contributed by atoms with Gasteiger partial charge in [0.2, 0.25) is 0 Å². The number of urea groups is 1. The molecule has 0 bridgehead atoms. The molecule has 2 amide bonds. The second kappa shape index (κ2) is 7.70. The highest BCUT2D eigenvalue weighted by Crippen LogP contribution is 2.29. The van der Waals surface area contributed by atoms with Crippen LogP contribution in [0.25, 0.3) is 0 Å². The third-order valence-electron chi connectivity index (χ3n) is 4.92. The minimum absolute atomic E-state index is 0.0743. The number of hydrogen-bond donors (Lipinski definition) is 1. The molecule has 0 aromatic heterocycles. The fraction of sp³-hybridized carbons (Fsp3) is 0.611. The molecule has 0 radical (unpaired) electrons. The van der Waals surface area contributed by atoms with Gasteiger partial charge in [-0.3, -0.25) is 0 Å². The summed E-state index contributed by atoms with van der Waals surface area (Å²) in [5.74, 6) is 0. The van der Waals surface area contributed by atoms with E-state index in [9.17, 15) is 4.79 Å². The lowest BCUT2D eigenvalue weighted by Gasteiger charge is -2.29. The number of fused-ring (bicyclic) bond motifs is 1. The molecular formula is C18H24N2O5. The number of benzene rings is 1. The summed E-state index contributed by atoms with van der Waals surface area (Å²) in [6.45, 7) is 3.91. The van der Waals surface area contributed by atoms with E-state index in [1.54, 1.807) is 4.90 Å². The van der Waals surface area contributed by atoms with Crippen LogP contribution in [0.1, 0.15) is 5.56 Å². The number of carbonyl (C=O) groups is 1. The van der Waals surface area contributed by atoms with E-state index in [0.29, 0.717) is 46.1 Å². The molecule has 25 heavy (non-hydrogen) atoms. The van der Waals surface area contributed by atoms with Gasteiger partial charge in [-0.1, -0.05) is 30.3 Å². The zero-order chi connectivity index (χ0) is 17.1. The van der Waals surface area contributed by atoms with Crippen molar-refractivity contribution in [2.75, 3.05) is 39.5 Å². The molecule has 4 atom stereocenters. The van der Waals surface area contributed by atoms with Crippen LogP contribution in [0.15, 0.2) is 30.3 Å². The summed E-state index contributed by atoms with van der Waals surface area (Å²) in [7, 11) is 0. The number of rotatable bonds is 4. The van der Waals surface area contributed by atoms with Crippen LogP contribution >= 0.6 is 0 Å². The monoisotopic (exact) mass is 348 g/mol. The summed E-state index contributed by atoms with van der Waals surface area (Å²) in [4.78, 5) is 14.1. The summed E-state index contributed by atoms with van der Waals surface area (Å²) >= 11 is 0. The Balaban J connectivity index is 1.28. The van der Waals surface area contributed by atoms with Crippen molar-refractivity contribution in [1.29, 1.82) is 0 Å². The number of hydrogen-bond acceptors (Lipinski definition) is 5. The summed E-state index contributed by atoms with van der Waals surface area (Å²) in [5.41, 5.74) is 1.13. The maximum absolute atomic E-state index is 12.4. The minimum atomic E-state index is -0.147. The minimum Gasteiger partial charge on any atom is -0.378 e. The van der Waals surface area contributed by atoms with E-state index in [1.165, 1.54) is 0 Å². The Morgan fingerprint density at radius 3 is 2.68 bits per heavy atom. The third kappa shape index (κ3) is 3.79. The van der Waals surface area contributed by atoms with E-state index >= 15 is 0 Å². The quantitative estimate of drug-likeness (QED) is 0.871. The van der Waals surface area contributed by atoms with Crippen molar-refractivity contribution in [3.8, 4) is 0 Å². The molecule has 3 saturated heterocycles. The van der Waals surface area contributed by atoms with Crippen LogP contribution in [0.2, 0.25) is 0 Å². The Morgan fingerprint density at radius 2 is 1.88 bits per heavy atom. The van der Waals surface area contributed by atoms with E-state index in [4.69, 9.17) is 18.9 Å². The van der Waals surface area contributed by atoms with Crippen molar-refractivity contribution in [3.63, 3.8) is 0 Å². The third-order valence-corrected chi connectivity index (χ3v) is 4.92. The first kappa shape index (κ1) is 16.8. The lowest BCUT2D eigenvalue weighted by atomic mass is 10.1. The molecule has 1 aromatic carbocycles. The van der Waals surface area contributed by atoms with Gasteiger partial charge in [-0.05, 0) is 5.56 Å². The van der Waals surface area contributed by atoms with Gasteiger partial charge in [-0.25, -0.2) is 4.79 Å². The van der Waals surface area contributed by atoms with Gasteiger partial charge >= 0.3 is 6.03 Å². The predicted octanol–water partition coefficient (Wildman–Crippen LogP) is 0.780. The molecule has 0 aliphatic carbocycles. The maximum atomic E-state index is 12.4. The van der Waals surface area contributed by atoms with Gasteiger partial charge in [0.1, 0.15) is 18.3 Å². The second-order valence-corrected chi connectivity index (χ2v) is 6.59. The van der Waals surface area contributed by atoms with E-state index < -0.39 is 0 Å². The average molecular weight is 348 g/mol. The number of carbonyl (C=O) groups excluding carboxylic acids is 1. The predicted molar refractivity (Wildman–Crippen MR) is 89.2 cm³/mol. The van der Waals surface area contributed by atoms with Crippen LogP contribution < -0.4 is 5.32 Å². The molecule has 0 unspecified atom stereocenters. The van der Waals surface area contributed by atoms with Crippen molar-refractivity contribution < 1.29 is 23.7 Å². The zero-order valence-corrected chi connectivity index (χ0v) is 14.1. The summed E-state index contributed by atoms with van der Waals surface area (Å²) in [6.07, 6.45) is -0.375. The van der Waals surface area contributed by atoms with Crippen LogP contribution in [0.5, 0.6) is 0 Å². The first-order chi connectivity index (χ1) is 12.3. The Hall–Kier alpha value is -1.67. The number of nitrogens with zero attached hydrogens (tertiary/aromatic N) is 1. The van der Waals surface area contributed by atoms with E-state index in [1.807, 2.05) is 30.3 Å². The van der Waals surface area contributed by atoms with Crippen LogP contribution in [-0.4, -0.2) is 74.8 Å². The molecule has 0 saturated carbocycles. The Kier molecular flexibility index (Phi) is 5.17. The normalized spacial score (nSPS) is 31.8. The zero-order valence-electron chi connectivity index (χ0n) is 14.1. The Bertz CT molecular complexity index is 578. The van der Waals surface area contributed by atoms with Gasteiger partial charge in [0.25, 0.3) is 0 Å². The molecule has 3 heterocycles. The van der Waals surface area contributed by atoms with Gasteiger partial charge in [0.15, 0.2) is 0 Å². The molecule has 3 fully saturated rings. The van der Waals surface area contributed by atoms with Gasteiger partial charge < -0.3 is 29.2 Å². The maximum Gasteiger partial charge on any atom is 0.317 e. The van der Waals surface area contributed by atoms with Crippen molar-refractivity contribution in [3.05, 3.63) is 35.9 Å². The molecule has 3 aliphatic heterocycles. The fourth-order valence-electron chi connectivity index (χ4n) is 3.52.